The van der Waals surface area contributed by atoms with Gasteiger partial charge in [-0.1, -0.05) is 6.92 Å². The monoisotopic (exact) mass is 279 g/mol. The second-order valence-corrected chi connectivity index (χ2v) is 7.23. The minimum Gasteiger partial charge on any atom is -0.345 e. The first-order valence-electron chi connectivity index (χ1n) is 7.61. The molecule has 1 aliphatic heterocycles. The molecular weight excluding hydrogens is 254 g/mol. The van der Waals surface area contributed by atoms with E-state index >= 15 is 0 Å². The molecular formula is C15H25N3S. The minimum atomic E-state index is 0.634. The van der Waals surface area contributed by atoms with E-state index in [9.17, 15) is 0 Å². The van der Waals surface area contributed by atoms with E-state index in [2.05, 4.69) is 24.1 Å². The standard InChI is InChI=1S/C15H25N3S/c1-10-5-4-8-18(11(10)2)15-17-14(12-6-7-12)13(19-15)9-16-3/h10-12,16H,4-9H2,1-3H3. The highest BCUT2D eigenvalue weighted by atomic mass is 32.1. The molecule has 1 aromatic heterocycles. The molecule has 2 atom stereocenters. The molecule has 0 spiro atoms. The maximum atomic E-state index is 5.00. The van der Waals surface area contributed by atoms with Gasteiger partial charge in [0, 0.05) is 29.9 Å². The minimum absolute atomic E-state index is 0.634. The Morgan fingerprint density at radius 2 is 2.11 bits per heavy atom. The number of nitrogens with zero attached hydrogens (tertiary/aromatic N) is 2. The van der Waals surface area contributed by atoms with Gasteiger partial charge in [-0.2, -0.15) is 0 Å². The van der Waals surface area contributed by atoms with E-state index in [1.807, 2.05) is 18.4 Å². The van der Waals surface area contributed by atoms with Crippen LogP contribution in [0.25, 0.3) is 0 Å². The van der Waals surface area contributed by atoms with Crippen LogP contribution in [0.3, 0.4) is 0 Å². The Balaban J connectivity index is 1.85. The molecule has 0 amide bonds. The predicted molar refractivity (Wildman–Crippen MR) is 82.1 cm³/mol. The van der Waals surface area contributed by atoms with Gasteiger partial charge in [-0.3, -0.25) is 0 Å². The molecule has 2 fully saturated rings. The lowest BCUT2D eigenvalue weighted by Gasteiger charge is -2.37. The first-order valence-corrected chi connectivity index (χ1v) is 8.43. The summed E-state index contributed by atoms with van der Waals surface area (Å²) in [5.41, 5.74) is 1.39. The van der Waals surface area contributed by atoms with E-state index < -0.39 is 0 Å². The third-order valence-corrected chi connectivity index (χ3v) is 5.75. The van der Waals surface area contributed by atoms with Crippen molar-refractivity contribution in [3.63, 3.8) is 0 Å². The molecule has 1 aromatic rings. The summed E-state index contributed by atoms with van der Waals surface area (Å²) in [5, 5.41) is 4.56. The molecule has 1 saturated carbocycles. The van der Waals surface area contributed by atoms with E-state index in [1.165, 1.54) is 47.9 Å². The number of rotatable bonds is 4. The van der Waals surface area contributed by atoms with Crippen LogP contribution >= 0.6 is 11.3 Å². The van der Waals surface area contributed by atoms with Crippen LogP contribution in [0.2, 0.25) is 0 Å². The average molecular weight is 279 g/mol. The topological polar surface area (TPSA) is 28.2 Å². The van der Waals surface area contributed by atoms with Gasteiger partial charge in [0.1, 0.15) is 0 Å². The van der Waals surface area contributed by atoms with Crippen LogP contribution in [0, 0.1) is 5.92 Å². The Morgan fingerprint density at radius 1 is 1.32 bits per heavy atom. The molecule has 0 aromatic carbocycles. The zero-order valence-corrected chi connectivity index (χ0v) is 13.1. The predicted octanol–water partition coefficient (Wildman–Crippen LogP) is 3.36. The molecule has 19 heavy (non-hydrogen) atoms. The molecule has 0 radical (unpaired) electrons. The summed E-state index contributed by atoms with van der Waals surface area (Å²) in [7, 11) is 2.03. The van der Waals surface area contributed by atoms with Gasteiger partial charge in [-0.25, -0.2) is 4.98 Å². The number of hydrogen-bond donors (Lipinski definition) is 1. The van der Waals surface area contributed by atoms with Crippen LogP contribution in [0.4, 0.5) is 5.13 Å². The lowest BCUT2D eigenvalue weighted by atomic mass is 9.93. The number of nitrogens with one attached hydrogen (secondary N) is 1. The summed E-state index contributed by atoms with van der Waals surface area (Å²) in [6.07, 6.45) is 5.35. The number of thiazole rings is 1. The first-order chi connectivity index (χ1) is 9.20. The van der Waals surface area contributed by atoms with Crippen molar-refractivity contribution >= 4 is 16.5 Å². The summed E-state index contributed by atoms with van der Waals surface area (Å²) in [5.74, 6) is 1.54. The van der Waals surface area contributed by atoms with Gasteiger partial charge < -0.3 is 10.2 Å². The molecule has 2 unspecified atom stereocenters. The van der Waals surface area contributed by atoms with E-state index in [4.69, 9.17) is 4.98 Å². The van der Waals surface area contributed by atoms with Gasteiger partial charge in [-0.15, -0.1) is 11.3 Å². The van der Waals surface area contributed by atoms with Crippen molar-refractivity contribution in [2.75, 3.05) is 18.5 Å². The average Bonchev–Trinajstić information content (AvgIpc) is 3.15. The molecule has 1 saturated heterocycles. The maximum absolute atomic E-state index is 5.00. The van der Waals surface area contributed by atoms with Crippen molar-refractivity contribution in [3.05, 3.63) is 10.6 Å². The fraction of sp³-hybridized carbons (Fsp3) is 0.800. The van der Waals surface area contributed by atoms with Crippen molar-refractivity contribution in [1.29, 1.82) is 0 Å². The van der Waals surface area contributed by atoms with Gasteiger partial charge in [0.05, 0.1) is 5.69 Å². The second-order valence-electron chi connectivity index (χ2n) is 6.16. The first kappa shape index (κ1) is 13.4. The SMILES string of the molecule is CNCc1sc(N2CCCC(C)C2C)nc1C1CC1. The molecule has 0 bridgehead atoms. The van der Waals surface area contributed by atoms with Gasteiger partial charge in [-0.05, 0) is 45.6 Å². The van der Waals surface area contributed by atoms with Crippen LogP contribution in [0.15, 0.2) is 0 Å². The van der Waals surface area contributed by atoms with E-state index in [-0.39, 0.29) is 0 Å². The number of hydrogen-bond acceptors (Lipinski definition) is 4. The van der Waals surface area contributed by atoms with Gasteiger partial charge in [0.25, 0.3) is 0 Å². The molecule has 3 rings (SSSR count). The Labute approximate surface area is 120 Å². The molecule has 2 aliphatic rings. The quantitative estimate of drug-likeness (QED) is 0.916. The molecule has 2 heterocycles. The van der Waals surface area contributed by atoms with Crippen molar-refractivity contribution in [2.24, 2.45) is 5.92 Å². The third-order valence-electron chi connectivity index (χ3n) is 4.64. The Hall–Kier alpha value is -0.610. The Bertz CT molecular complexity index is 439. The highest BCUT2D eigenvalue weighted by molar-refractivity contribution is 7.15. The number of anilines is 1. The lowest BCUT2D eigenvalue weighted by molar-refractivity contribution is 0.363. The Morgan fingerprint density at radius 3 is 2.79 bits per heavy atom. The smallest absolute Gasteiger partial charge is 0.186 e. The molecule has 3 nitrogen and oxygen atoms in total. The van der Waals surface area contributed by atoms with Crippen molar-refractivity contribution in [2.45, 2.75) is 58.0 Å². The zero-order chi connectivity index (χ0) is 13.4. The van der Waals surface area contributed by atoms with Crippen LogP contribution in [0.1, 0.15) is 56.0 Å². The van der Waals surface area contributed by atoms with E-state index in [0.29, 0.717) is 6.04 Å². The van der Waals surface area contributed by atoms with E-state index in [1.54, 1.807) is 0 Å². The van der Waals surface area contributed by atoms with Crippen LogP contribution in [-0.2, 0) is 6.54 Å². The summed E-state index contributed by atoms with van der Waals surface area (Å²) in [6.45, 7) is 6.89. The van der Waals surface area contributed by atoms with Crippen LogP contribution in [0.5, 0.6) is 0 Å². The fourth-order valence-corrected chi connectivity index (χ4v) is 4.31. The molecule has 106 valence electrons. The maximum Gasteiger partial charge on any atom is 0.186 e. The van der Waals surface area contributed by atoms with Crippen molar-refractivity contribution < 1.29 is 0 Å². The fourth-order valence-electron chi connectivity index (χ4n) is 3.04. The largest absolute Gasteiger partial charge is 0.345 e. The summed E-state index contributed by atoms with van der Waals surface area (Å²) in [4.78, 5) is 9.01. The molecule has 1 aliphatic carbocycles. The van der Waals surface area contributed by atoms with E-state index in [0.717, 1.165) is 18.4 Å². The van der Waals surface area contributed by atoms with Gasteiger partial charge >= 0.3 is 0 Å². The summed E-state index contributed by atoms with van der Waals surface area (Å²) < 4.78 is 0. The normalized spacial score (nSPS) is 27.8. The van der Waals surface area contributed by atoms with Crippen molar-refractivity contribution in [3.8, 4) is 0 Å². The van der Waals surface area contributed by atoms with Crippen LogP contribution < -0.4 is 10.2 Å². The van der Waals surface area contributed by atoms with Gasteiger partial charge in [0.15, 0.2) is 5.13 Å². The van der Waals surface area contributed by atoms with Gasteiger partial charge in [0.2, 0.25) is 0 Å². The van der Waals surface area contributed by atoms with Crippen LogP contribution in [-0.4, -0.2) is 24.6 Å². The second kappa shape index (κ2) is 5.41. The lowest BCUT2D eigenvalue weighted by Crippen LogP contribution is -2.42. The third kappa shape index (κ3) is 2.65. The summed E-state index contributed by atoms with van der Waals surface area (Å²) >= 11 is 1.92. The number of piperidine rings is 1. The Kier molecular flexibility index (Phi) is 3.81. The van der Waals surface area contributed by atoms with Crippen molar-refractivity contribution in [1.82, 2.24) is 10.3 Å². The zero-order valence-electron chi connectivity index (χ0n) is 12.3. The summed E-state index contributed by atoms with van der Waals surface area (Å²) in [6, 6.07) is 0.634. The molecule has 4 heteroatoms. The number of aromatic nitrogens is 1. The highest BCUT2D eigenvalue weighted by Crippen LogP contribution is 2.45. The highest BCUT2D eigenvalue weighted by Gasteiger charge is 2.32. The molecule has 1 N–H and O–H groups in total.